The van der Waals surface area contributed by atoms with Gasteiger partial charge in [0, 0.05) is 6.42 Å². The van der Waals surface area contributed by atoms with Crippen molar-refractivity contribution in [3.8, 4) is 0 Å². The average molecular weight is 552 g/mol. The van der Waals surface area contributed by atoms with Crippen LogP contribution in [0.2, 0.25) is 0 Å². The summed E-state index contributed by atoms with van der Waals surface area (Å²) in [6, 6.07) is 6.84. The van der Waals surface area contributed by atoms with E-state index in [0.717, 1.165) is 0 Å². The number of hydrogen-bond acceptors (Lipinski definition) is 9. The van der Waals surface area contributed by atoms with Gasteiger partial charge in [-0.05, 0) is 67.9 Å². The molecule has 1 aromatic carbocycles. The minimum absolute atomic E-state index is 0.153. The average Bonchev–Trinajstić information content (AvgIpc) is 2.73. The van der Waals surface area contributed by atoms with Crippen LogP contribution in [-0.4, -0.2) is 57.9 Å². The summed E-state index contributed by atoms with van der Waals surface area (Å²) in [6.45, 7) is 13.9. The highest BCUT2D eigenvalue weighted by molar-refractivity contribution is 6.04. The molecule has 11 nitrogen and oxygen atoms in total. The van der Waals surface area contributed by atoms with Crippen molar-refractivity contribution >= 4 is 30.0 Å². The normalized spacial score (nSPS) is 13.1. The molecule has 0 aromatic heterocycles. The van der Waals surface area contributed by atoms with E-state index in [0.29, 0.717) is 5.56 Å². The molecule has 0 aliphatic heterocycles. The maximum atomic E-state index is 13.6. The topological polar surface area (TPSA) is 155 Å². The van der Waals surface area contributed by atoms with Crippen LogP contribution in [0.1, 0.15) is 80.7 Å². The fourth-order valence-corrected chi connectivity index (χ4v) is 3.30. The molecule has 11 heteroatoms. The predicted molar refractivity (Wildman–Crippen MR) is 140 cm³/mol. The number of benzene rings is 1. The van der Waals surface area contributed by atoms with Crippen LogP contribution in [0, 0.1) is 5.41 Å². The van der Waals surface area contributed by atoms with Crippen LogP contribution in [0.3, 0.4) is 0 Å². The summed E-state index contributed by atoms with van der Waals surface area (Å²) in [4.78, 5) is 64.9. The Bertz CT molecular complexity index is 1000. The van der Waals surface area contributed by atoms with Gasteiger partial charge >= 0.3 is 30.0 Å². The molecule has 0 fully saturated rings. The molecule has 0 bridgehead atoms. The quantitative estimate of drug-likeness (QED) is 0.246. The zero-order valence-electron chi connectivity index (χ0n) is 24.2. The predicted octanol–water partition coefficient (Wildman–Crippen LogP) is 4.16. The Morgan fingerprint density at radius 1 is 0.769 bits per heavy atom. The van der Waals surface area contributed by atoms with Gasteiger partial charge in [0.05, 0.1) is 6.42 Å². The SMILES string of the molecule is CC(C)(C)OC(=O)CC(C[C@H](NC(=O)OCc1ccccc1)C(=O)O)(C(=O)OC(C)(C)C)C(=O)OC(C)(C)C. The van der Waals surface area contributed by atoms with Crippen molar-refractivity contribution in [2.75, 3.05) is 0 Å². The van der Waals surface area contributed by atoms with Crippen molar-refractivity contribution in [2.24, 2.45) is 5.41 Å². The zero-order chi connectivity index (χ0) is 30.2. The molecule has 0 heterocycles. The van der Waals surface area contributed by atoms with Gasteiger partial charge in [-0.1, -0.05) is 30.3 Å². The molecule has 0 radical (unpaired) electrons. The Morgan fingerprint density at radius 2 is 1.23 bits per heavy atom. The van der Waals surface area contributed by atoms with Gasteiger partial charge in [0.15, 0.2) is 5.41 Å². The molecule has 0 aliphatic carbocycles. The third-order valence-electron chi connectivity index (χ3n) is 4.80. The largest absolute Gasteiger partial charge is 0.480 e. The van der Waals surface area contributed by atoms with Crippen LogP contribution in [0.15, 0.2) is 30.3 Å². The number of hydrogen-bond donors (Lipinski definition) is 2. The summed E-state index contributed by atoms with van der Waals surface area (Å²) in [5, 5.41) is 12.1. The molecule has 1 aromatic rings. The highest BCUT2D eigenvalue weighted by Crippen LogP contribution is 2.36. The fraction of sp³-hybridized carbons (Fsp3) is 0.607. The monoisotopic (exact) mass is 551 g/mol. The number of ether oxygens (including phenoxy) is 4. The molecule has 0 spiro atoms. The number of rotatable bonds is 10. The Labute approximate surface area is 229 Å². The minimum Gasteiger partial charge on any atom is -0.480 e. The third kappa shape index (κ3) is 12.2. The second-order valence-corrected chi connectivity index (χ2v) is 12.2. The van der Waals surface area contributed by atoms with Crippen molar-refractivity contribution in [1.82, 2.24) is 5.32 Å². The fourth-order valence-electron chi connectivity index (χ4n) is 3.30. The maximum absolute atomic E-state index is 13.6. The van der Waals surface area contributed by atoms with Gasteiger partial charge in [0.2, 0.25) is 0 Å². The molecule has 0 saturated carbocycles. The Morgan fingerprint density at radius 3 is 1.64 bits per heavy atom. The van der Waals surface area contributed by atoms with Gasteiger partial charge in [-0.25, -0.2) is 9.59 Å². The lowest BCUT2D eigenvalue weighted by molar-refractivity contribution is -0.192. The molecule has 0 saturated heterocycles. The second kappa shape index (κ2) is 12.9. The van der Waals surface area contributed by atoms with Crippen molar-refractivity contribution in [3.63, 3.8) is 0 Å². The lowest BCUT2D eigenvalue weighted by atomic mass is 9.77. The standard InChI is InChI=1S/C28H41NO10/c1-25(2,3)37-20(30)16-28(22(33)38-26(4,5)6,23(34)39-27(7,8)9)15-19(21(31)32)29-24(35)36-17-18-13-11-10-12-14-18/h10-14,19H,15-17H2,1-9H3,(H,29,35)(H,31,32)/t19-/m0/s1. The van der Waals surface area contributed by atoms with Crippen molar-refractivity contribution in [3.05, 3.63) is 35.9 Å². The molecule has 0 unspecified atom stereocenters. The number of carbonyl (C=O) groups excluding carboxylic acids is 4. The first kappa shape index (κ1) is 33.4. The van der Waals surface area contributed by atoms with Crippen LogP contribution >= 0.6 is 0 Å². The van der Waals surface area contributed by atoms with E-state index < -0.39 is 71.1 Å². The molecule has 39 heavy (non-hydrogen) atoms. The van der Waals surface area contributed by atoms with E-state index >= 15 is 0 Å². The van der Waals surface area contributed by atoms with E-state index in [-0.39, 0.29) is 6.61 Å². The lowest BCUT2D eigenvalue weighted by Crippen LogP contribution is -2.54. The maximum Gasteiger partial charge on any atom is 0.408 e. The van der Waals surface area contributed by atoms with Gasteiger partial charge in [-0.3, -0.25) is 14.4 Å². The zero-order valence-corrected chi connectivity index (χ0v) is 24.2. The van der Waals surface area contributed by atoms with Crippen molar-refractivity contribution in [2.45, 2.75) is 105 Å². The number of amides is 1. The number of alkyl carbamates (subject to hydrolysis) is 1. The Kier molecular flexibility index (Phi) is 11.1. The molecule has 1 atom stereocenters. The van der Waals surface area contributed by atoms with Crippen molar-refractivity contribution < 1.29 is 48.0 Å². The van der Waals surface area contributed by atoms with E-state index in [1.54, 1.807) is 92.6 Å². The highest BCUT2D eigenvalue weighted by Gasteiger charge is 2.55. The first-order valence-corrected chi connectivity index (χ1v) is 12.5. The third-order valence-corrected chi connectivity index (χ3v) is 4.80. The Hall–Kier alpha value is -3.63. The molecule has 2 N–H and O–H groups in total. The number of carbonyl (C=O) groups is 5. The van der Waals surface area contributed by atoms with E-state index in [1.165, 1.54) is 0 Å². The molecular weight excluding hydrogens is 510 g/mol. The van der Waals surface area contributed by atoms with E-state index in [4.69, 9.17) is 18.9 Å². The van der Waals surface area contributed by atoms with E-state index in [9.17, 15) is 29.1 Å². The van der Waals surface area contributed by atoms with E-state index in [1.807, 2.05) is 0 Å². The van der Waals surface area contributed by atoms with Crippen LogP contribution < -0.4 is 5.32 Å². The summed E-state index contributed by atoms with van der Waals surface area (Å²) in [6.07, 6.45) is -2.87. The van der Waals surface area contributed by atoms with Crippen LogP contribution in [0.25, 0.3) is 0 Å². The summed E-state index contributed by atoms with van der Waals surface area (Å²) < 4.78 is 21.4. The van der Waals surface area contributed by atoms with Crippen LogP contribution in [0.5, 0.6) is 0 Å². The number of carboxylic acid groups (broad SMARTS) is 1. The smallest absolute Gasteiger partial charge is 0.408 e. The molecular formula is C28H41NO10. The summed E-state index contributed by atoms with van der Waals surface area (Å²) in [7, 11) is 0. The van der Waals surface area contributed by atoms with E-state index in [2.05, 4.69) is 5.32 Å². The lowest BCUT2D eigenvalue weighted by Gasteiger charge is -2.36. The van der Waals surface area contributed by atoms with Crippen LogP contribution in [-0.2, 0) is 44.7 Å². The highest BCUT2D eigenvalue weighted by atomic mass is 16.6. The van der Waals surface area contributed by atoms with Gasteiger partial charge in [0.25, 0.3) is 0 Å². The molecule has 1 rings (SSSR count). The second-order valence-electron chi connectivity index (χ2n) is 12.2. The molecule has 1 amide bonds. The van der Waals surface area contributed by atoms with Gasteiger partial charge in [-0.2, -0.15) is 0 Å². The summed E-state index contributed by atoms with van der Waals surface area (Å²) in [5.74, 6) is -4.93. The van der Waals surface area contributed by atoms with Crippen LogP contribution in [0.4, 0.5) is 4.79 Å². The first-order valence-electron chi connectivity index (χ1n) is 12.5. The number of carboxylic acids is 1. The molecule has 218 valence electrons. The molecule has 0 aliphatic rings. The van der Waals surface area contributed by atoms with Gasteiger partial charge < -0.3 is 29.4 Å². The number of nitrogens with one attached hydrogen (secondary N) is 1. The van der Waals surface area contributed by atoms with Gasteiger partial charge in [-0.15, -0.1) is 0 Å². The first-order chi connectivity index (χ1) is 17.6. The van der Waals surface area contributed by atoms with Gasteiger partial charge in [0.1, 0.15) is 29.5 Å². The van der Waals surface area contributed by atoms with Crippen molar-refractivity contribution in [1.29, 1.82) is 0 Å². The summed E-state index contributed by atoms with van der Waals surface area (Å²) >= 11 is 0. The number of esters is 3. The summed E-state index contributed by atoms with van der Waals surface area (Å²) in [5.41, 5.74) is -5.02. The number of aliphatic carboxylic acids is 1. The Balaban J connectivity index is 3.47. The minimum atomic E-state index is -2.47.